The van der Waals surface area contributed by atoms with Crippen molar-refractivity contribution < 1.29 is 0 Å². The summed E-state index contributed by atoms with van der Waals surface area (Å²) in [4.78, 5) is 32.7. The maximum atomic E-state index is 5.59. The van der Waals surface area contributed by atoms with Gasteiger partial charge in [0.05, 0.1) is 50.2 Å². The number of fused-ring (bicyclic) bond motifs is 3. The molecular weight excluding hydrogens is 955 g/mol. The lowest BCUT2D eigenvalue weighted by Gasteiger charge is -2.18. The van der Waals surface area contributed by atoms with Gasteiger partial charge in [0.2, 0.25) is 0 Å². The van der Waals surface area contributed by atoms with Crippen LogP contribution in [0.1, 0.15) is 76.0 Å². The Hall–Kier alpha value is -9.60. The van der Waals surface area contributed by atoms with Gasteiger partial charge in [0, 0.05) is 33.4 Å². The first-order valence-electron chi connectivity index (χ1n) is 27.0. The lowest BCUT2D eigenvalue weighted by molar-refractivity contribution is 0.866. The molecule has 13 rings (SSSR count). The maximum Gasteiger partial charge on any atom is 0.166 e. The number of rotatable bonds is 12. The summed E-state index contributed by atoms with van der Waals surface area (Å²) in [6.45, 7) is 13.3. The van der Waals surface area contributed by atoms with Crippen LogP contribution < -0.4 is 0 Å². The van der Waals surface area contributed by atoms with Gasteiger partial charge in [-0.05, 0) is 107 Å². The first-order valence-corrected chi connectivity index (χ1v) is 27.0. The van der Waals surface area contributed by atoms with Crippen LogP contribution >= 0.6 is 0 Å². The van der Waals surface area contributed by atoms with Gasteiger partial charge in [0.15, 0.2) is 17.5 Å². The molecule has 0 aliphatic carbocycles. The van der Waals surface area contributed by atoms with Gasteiger partial charge in [-0.2, -0.15) is 0 Å². The second kappa shape index (κ2) is 19.8. The molecule has 9 heteroatoms. The van der Waals surface area contributed by atoms with Crippen LogP contribution in [-0.2, 0) is 0 Å². The Kier molecular flexibility index (Phi) is 12.2. The third kappa shape index (κ3) is 8.54. The van der Waals surface area contributed by atoms with E-state index in [1.54, 1.807) is 0 Å². The second-order valence-corrected chi connectivity index (χ2v) is 21.0. The topological polar surface area (TPSA) is 92.1 Å². The molecule has 0 bridgehead atoms. The number of para-hydroxylation sites is 9. The second-order valence-electron chi connectivity index (χ2n) is 21.0. The molecule has 0 atom stereocenters. The first-order chi connectivity index (χ1) is 38.2. The summed E-state index contributed by atoms with van der Waals surface area (Å²) in [6, 6.07) is 76.5. The smallest absolute Gasteiger partial charge is 0.166 e. The molecule has 9 nitrogen and oxygen atoms in total. The monoisotopic (exact) mass is 1010 g/mol. The fourth-order valence-electron chi connectivity index (χ4n) is 10.8. The van der Waals surface area contributed by atoms with E-state index in [1.165, 1.54) is 16.7 Å². The van der Waals surface area contributed by atoms with Crippen molar-refractivity contribution in [1.82, 2.24) is 43.6 Å². The number of hydrogen-bond donors (Lipinski definition) is 0. The number of benzene rings is 9. The van der Waals surface area contributed by atoms with Crippen molar-refractivity contribution in [3.63, 3.8) is 0 Å². The molecule has 0 radical (unpaired) electrons. The summed E-state index contributed by atoms with van der Waals surface area (Å²) in [7, 11) is 0. The van der Waals surface area contributed by atoms with Crippen LogP contribution in [0.4, 0.5) is 0 Å². The quantitative estimate of drug-likeness (QED) is 0.121. The third-order valence-corrected chi connectivity index (χ3v) is 15.0. The molecule has 378 valence electrons. The highest BCUT2D eigenvalue weighted by Crippen LogP contribution is 2.40. The fraction of sp³-hybridized carbons (Fsp3) is 0.130. The van der Waals surface area contributed by atoms with Crippen LogP contribution in [0.15, 0.2) is 218 Å². The van der Waals surface area contributed by atoms with Crippen molar-refractivity contribution in [2.45, 2.75) is 59.3 Å². The average Bonchev–Trinajstić information content (AvgIpc) is 4.27. The molecule has 0 unspecified atom stereocenters. The standard InChI is InChI=1S/C69H57N9/c1-43(2)46-31-37-49(38-32-46)67-70-55-22-10-16-28-61(55)76(67)58-25-13-7-19-52(58)64-73-65(53-20-8-14-26-59(53)77-62-29-17-11-23-56(62)71-68(77)50-39-33-47(34-40-50)44(3)4)75-66(74-64)54-21-9-15-27-60(54)78-63-30-18-12-24-57(63)72-69(78)51-41-35-48(36-42-51)45(5)6/h7-45H,1-6H3. The summed E-state index contributed by atoms with van der Waals surface area (Å²) in [5, 5.41) is 0. The van der Waals surface area contributed by atoms with E-state index >= 15 is 0 Å². The van der Waals surface area contributed by atoms with Crippen molar-refractivity contribution in [2.75, 3.05) is 0 Å². The van der Waals surface area contributed by atoms with E-state index in [9.17, 15) is 0 Å². The van der Waals surface area contributed by atoms with Crippen molar-refractivity contribution in [3.05, 3.63) is 235 Å². The van der Waals surface area contributed by atoms with E-state index in [0.29, 0.717) is 35.2 Å². The van der Waals surface area contributed by atoms with Crippen LogP contribution in [0.5, 0.6) is 0 Å². The zero-order valence-electron chi connectivity index (χ0n) is 44.5. The van der Waals surface area contributed by atoms with E-state index < -0.39 is 0 Å². The highest BCUT2D eigenvalue weighted by molar-refractivity contribution is 5.90. The SMILES string of the molecule is CC(C)c1ccc(-c2nc3ccccc3n2-c2ccccc2-c2nc(-c3ccccc3-n3c(-c4ccc(C(C)C)cc4)nc4ccccc43)nc(-c3ccccc3-n3c(-c4ccc(C(C)C)cc4)nc4ccccc43)n2)cc1. The summed E-state index contributed by atoms with van der Waals surface area (Å²) in [6.07, 6.45) is 0. The van der Waals surface area contributed by atoms with E-state index in [-0.39, 0.29) is 0 Å². The zero-order chi connectivity index (χ0) is 53.0. The molecule has 9 aromatic carbocycles. The predicted octanol–water partition coefficient (Wildman–Crippen LogP) is 17.3. The molecule has 0 aliphatic rings. The van der Waals surface area contributed by atoms with Crippen molar-refractivity contribution >= 4 is 33.1 Å². The molecule has 4 aromatic heterocycles. The molecule has 0 amide bonds. The molecule has 13 aromatic rings. The van der Waals surface area contributed by atoms with Gasteiger partial charge in [0.1, 0.15) is 17.5 Å². The Bertz CT molecular complexity index is 3890. The van der Waals surface area contributed by atoms with Crippen molar-refractivity contribution in [3.8, 4) is 85.4 Å². The van der Waals surface area contributed by atoms with Crippen LogP contribution in [0.2, 0.25) is 0 Å². The highest BCUT2D eigenvalue weighted by atomic mass is 15.1. The van der Waals surface area contributed by atoms with Gasteiger partial charge >= 0.3 is 0 Å². The molecule has 4 heterocycles. The molecule has 0 spiro atoms. The number of hydrogen-bond acceptors (Lipinski definition) is 6. The number of aromatic nitrogens is 9. The normalized spacial score (nSPS) is 11.8. The maximum absolute atomic E-state index is 5.59. The molecule has 0 saturated heterocycles. The van der Waals surface area contributed by atoms with Crippen LogP contribution in [0.3, 0.4) is 0 Å². The Labute approximate surface area is 454 Å². The van der Waals surface area contributed by atoms with Gasteiger partial charge in [-0.1, -0.05) is 187 Å². The Balaban J connectivity index is 1.07. The summed E-state index contributed by atoms with van der Waals surface area (Å²) < 4.78 is 6.76. The Morgan fingerprint density at radius 2 is 0.500 bits per heavy atom. The van der Waals surface area contributed by atoms with Gasteiger partial charge in [0.25, 0.3) is 0 Å². The molecule has 0 fully saturated rings. The minimum Gasteiger partial charge on any atom is -0.292 e. The summed E-state index contributed by atoms with van der Waals surface area (Å²) >= 11 is 0. The molecule has 0 N–H and O–H groups in total. The van der Waals surface area contributed by atoms with Crippen LogP contribution in [0.25, 0.3) is 118 Å². The molecular formula is C69H57N9. The first kappa shape index (κ1) is 48.1. The highest BCUT2D eigenvalue weighted by Gasteiger charge is 2.26. The van der Waals surface area contributed by atoms with E-state index in [0.717, 1.165) is 101 Å². The zero-order valence-corrected chi connectivity index (χ0v) is 44.5. The lowest BCUT2D eigenvalue weighted by atomic mass is 10.0. The van der Waals surface area contributed by atoms with Crippen molar-refractivity contribution in [1.29, 1.82) is 0 Å². The minimum absolute atomic E-state index is 0.395. The fourth-order valence-corrected chi connectivity index (χ4v) is 10.8. The van der Waals surface area contributed by atoms with E-state index in [4.69, 9.17) is 29.9 Å². The summed E-state index contributed by atoms with van der Waals surface area (Å²) in [5.41, 5.74) is 17.5. The lowest BCUT2D eigenvalue weighted by Crippen LogP contribution is -2.08. The Morgan fingerprint density at radius 3 is 0.769 bits per heavy atom. The van der Waals surface area contributed by atoms with Gasteiger partial charge in [-0.15, -0.1) is 0 Å². The van der Waals surface area contributed by atoms with Gasteiger partial charge < -0.3 is 0 Å². The van der Waals surface area contributed by atoms with E-state index in [1.807, 2.05) is 18.2 Å². The average molecular weight is 1010 g/mol. The van der Waals surface area contributed by atoms with Crippen LogP contribution in [-0.4, -0.2) is 43.6 Å². The summed E-state index contributed by atoms with van der Waals surface area (Å²) in [5.74, 6) is 5.19. The molecule has 0 aliphatic heterocycles. The largest absolute Gasteiger partial charge is 0.292 e. The van der Waals surface area contributed by atoms with Crippen LogP contribution in [0, 0.1) is 0 Å². The predicted molar refractivity (Wildman–Crippen MR) is 319 cm³/mol. The molecule has 0 saturated carbocycles. The van der Waals surface area contributed by atoms with E-state index in [2.05, 4.69) is 255 Å². The minimum atomic E-state index is 0.395. The van der Waals surface area contributed by atoms with Gasteiger partial charge in [-0.3, -0.25) is 13.7 Å². The third-order valence-electron chi connectivity index (χ3n) is 15.0. The Morgan fingerprint density at radius 1 is 0.256 bits per heavy atom. The van der Waals surface area contributed by atoms with Gasteiger partial charge in [-0.25, -0.2) is 29.9 Å². The molecule has 78 heavy (non-hydrogen) atoms. The number of nitrogens with zero attached hydrogens (tertiary/aromatic N) is 9. The number of imidazole rings is 3. The van der Waals surface area contributed by atoms with Crippen molar-refractivity contribution in [2.24, 2.45) is 0 Å².